The maximum absolute atomic E-state index is 12.0. The van der Waals surface area contributed by atoms with E-state index < -0.39 is 30.6 Å². The fourth-order valence-electron chi connectivity index (χ4n) is 0.786. The highest BCUT2D eigenvalue weighted by Gasteiger charge is 2.41. The number of aliphatic hydroxyl groups is 1. The summed E-state index contributed by atoms with van der Waals surface area (Å²) in [5, 5.41) is 9.03. The van der Waals surface area contributed by atoms with Gasteiger partial charge in [-0.1, -0.05) is 6.92 Å². The molecule has 0 bridgehead atoms. The Morgan fingerprint density at radius 3 is 2.36 bits per heavy atom. The van der Waals surface area contributed by atoms with Crippen LogP contribution in [0, 0.1) is 5.92 Å². The minimum absolute atomic E-state index is 0.0892. The molecule has 84 valence electrons. The van der Waals surface area contributed by atoms with Gasteiger partial charge in [-0.05, 0) is 6.92 Å². The van der Waals surface area contributed by atoms with E-state index in [2.05, 4.69) is 4.74 Å². The topological polar surface area (TPSA) is 46.5 Å². The van der Waals surface area contributed by atoms with Gasteiger partial charge in [-0.25, -0.2) is 0 Å². The van der Waals surface area contributed by atoms with Crippen molar-refractivity contribution in [2.45, 2.75) is 32.5 Å². The van der Waals surface area contributed by atoms with Gasteiger partial charge in [0.15, 0.2) is 0 Å². The first-order valence-corrected chi connectivity index (χ1v) is 4.19. The lowest BCUT2D eigenvalue weighted by atomic mass is 10.0. The highest BCUT2D eigenvalue weighted by atomic mass is 19.4. The summed E-state index contributed by atoms with van der Waals surface area (Å²) in [5.74, 6) is -2.75. The molecule has 0 aliphatic carbocycles. The van der Waals surface area contributed by atoms with Gasteiger partial charge in [-0.2, -0.15) is 13.2 Å². The molecule has 6 heteroatoms. The molecule has 0 heterocycles. The molecule has 2 atom stereocenters. The molecule has 0 rings (SSSR count). The third-order valence-corrected chi connectivity index (χ3v) is 1.77. The number of hydrogen-bond acceptors (Lipinski definition) is 3. The number of carbonyl (C=O) groups excluding carboxylic acids is 1. The van der Waals surface area contributed by atoms with Crippen LogP contribution in [-0.4, -0.2) is 30.0 Å². The Hall–Kier alpha value is -0.780. The molecule has 0 aliphatic rings. The molecule has 3 nitrogen and oxygen atoms in total. The molecule has 14 heavy (non-hydrogen) atoms. The summed E-state index contributed by atoms with van der Waals surface area (Å²) in [4.78, 5) is 10.7. The Kier molecular flexibility index (Phi) is 4.90. The molecule has 0 saturated heterocycles. The molecule has 0 aliphatic heterocycles. The molecule has 0 fully saturated rings. The molecule has 0 spiro atoms. The van der Waals surface area contributed by atoms with E-state index in [0.717, 1.165) is 6.92 Å². The molecule has 0 unspecified atom stereocenters. The number of hydrogen-bond donors (Lipinski definition) is 1. The third-order valence-electron chi connectivity index (χ3n) is 1.77. The lowest BCUT2D eigenvalue weighted by molar-refractivity contribution is -0.196. The largest absolute Gasteiger partial charge is 0.466 e. The second-order valence-electron chi connectivity index (χ2n) is 2.91. The average Bonchev–Trinajstić information content (AvgIpc) is 2.01. The van der Waals surface area contributed by atoms with Gasteiger partial charge >= 0.3 is 12.1 Å². The number of alkyl halides is 3. The Balaban J connectivity index is 4.08. The maximum atomic E-state index is 12.0. The zero-order chi connectivity index (χ0) is 11.4. The van der Waals surface area contributed by atoms with Gasteiger partial charge in [-0.3, -0.25) is 4.79 Å². The molecule has 0 amide bonds. The quantitative estimate of drug-likeness (QED) is 0.721. The third kappa shape index (κ3) is 4.45. The van der Waals surface area contributed by atoms with Crippen molar-refractivity contribution >= 4 is 5.97 Å². The fourth-order valence-corrected chi connectivity index (χ4v) is 0.786. The summed E-state index contributed by atoms with van der Waals surface area (Å²) in [6, 6.07) is 0. The smallest absolute Gasteiger partial charge is 0.394 e. The first kappa shape index (κ1) is 13.2. The summed E-state index contributed by atoms with van der Waals surface area (Å²) >= 11 is 0. The minimum atomic E-state index is -4.49. The highest BCUT2D eigenvalue weighted by Crippen LogP contribution is 2.29. The van der Waals surface area contributed by atoms with Crippen LogP contribution >= 0.6 is 0 Å². The van der Waals surface area contributed by atoms with Crippen LogP contribution in [0.2, 0.25) is 0 Å². The molecular formula is C8H13F3O3. The number of carbonyl (C=O) groups is 1. The second kappa shape index (κ2) is 5.19. The molecule has 0 aromatic heterocycles. The molecule has 0 saturated carbocycles. The van der Waals surface area contributed by atoms with E-state index in [0.29, 0.717) is 0 Å². The van der Waals surface area contributed by atoms with Crippen molar-refractivity contribution in [2.24, 2.45) is 5.92 Å². The first-order chi connectivity index (χ1) is 6.29. The van der Waals surface area contributed by atoms with E-state index >= 15 is 0 Å². The van der Waals surface area contributed by atoms with E-state index in [-0.39, 0.29) is 6.61 Å². The van der Waals surface area contributed by atoms with Gasteiger partial charge in [0.2, 0.25) is 0 Å². The second-order valence-corrected chi connectivity index (χ2v) is 2.91. The predicted octanol–water partition coefficient (Wildman–Crippen LogP) is 1.50. The van der Waals surface area contributed by atoms with Crippen molar-refractivity contribution < 1.29 is 27.8 Å². The Morgan fingerprint density at radius 1 is 1.50 bits per heavy atom. The van der Waals surface area contributed by atoms with Gasteiger partial charge in [0, 0.05) is 0 Å². The van der Waals surface area contributed by atoms with Crippen LogP contribution in [0.3, 0.4) is 0 Å². The van der Waals surface area contributed by atoms with Gasteiger partial charge < -0.3 is 9.84 Å². The fraction of sp³-hybridized carbons (Fsp3) is 0.875. The first-order valence-electron chi connectivity index (χ1n) is 4.19. The normalized spacial score (nSPS) is 16.1. The predicted molar refractivity (Wildman–Crippen MR) is 42.5 cm³/mol. The summed E-state index contributed by atoms with van der Waals surface area (Å²) in [6.45, 7) is 2.45. The molecular weight excluding hydrogens is 201 g/mol. The number of ether oxygens (including phenoxy) is 1. The molecule has 0 aromatic carbocycles. The van der Waals surface area contributed by atoms with Crippen LogP contribution in [-0.2, 0) is 9.53 Å². The summed E-state index contributed by atoms with van der Waals surface area (Å²) in [6.07, 6.45) is -6.87. The summed E-state index contributed by atoms with van der Waals surface area (Å²) in [7, 11) is 0. The van der Waals surface area contributed by atoms with Crippen molar-refractivity contribution in [1.29, 1.82) is 0 Å². The summed E-state index contributed by atoms with van der Waals surface area (Å²) < 4.78 is 40.5. The zero-order valence-electron chi connectivity index (χ0n) is 7.97. The summed E-state index contributed by atoms with van der Waals surface area (Å²) in [5.41, 5.74) is 0. The minimum Gasteiger partial charge on any atom is -0.466 e. The van der Waals surface area contributed by atoms with Crippen LogP contribution in [0.5, 0.6) is 0 Å². The van der Waals surface area contributed by atoms with Crippen molar-refractivity contribution in [3.05, 3.63) is 0 Å². The van der Waals surface area contributed by atoms with Crippen molar-refractivity contribution in [1.82, 2.24) is 0 Å². The van der Waals surface area contributed by atoms with E-state index in [1.54, 1.807) is 0 Å². The van der Waals surface area contributed by atoms with Crippen molar-refractivity contribution in [3.8, 4) is 0 Å². The number of aliphatic hydroxyl groups excluding tert-OH is 1. The number of esters is 1. The van der Waals surface area contributed by atoms with Gasteiger partial charge in [0.25, 0.3) is 0 Å². The van der Waals surface area contributed by atoms with Crippen LogP contribution in [0.1, 0.15) is 20.3 Å². The maximum Gasteiger partial charge on any atom is 0.394 e. The van der Waals surface area contributed by atoms with Crippen LogP contribution < -0.4 is 0 Å². The van der Waals surface area contributed by atoms with Crippen LogP contribution in [0.15, 0.2) is 0 Å². The van der Waals surface area contributed by atoms with Gasteiger partial charge in [0.1, 0.15) is 0 Å². The van der Waals surface area contributed by atoms with Gasteiger partial charge in [0.05, 0.1) is 25.0 Å². The van der Waals surface area contributed by atoms with Crippen molar-refractivity contribution in [2.75, 3.05) is 6.61 Å². The van der Waals surface area contributed by atoms with E-state index in [1.807, 2.05) is 0 Å². The van der Waals surface area contributed by atoms with E-state index in [4.69, 9.17) is 5.11 Å². The Morgan fingerprint density at radius 2 is 2.00 bits per heavy atom. The van der Waals surface area contributed by atoms with E-state index in [1.165, 1.54) is 6.92 Å². The lowest BCUT2D eigenvalue weighted by Crippen LogP contribution is -2.33. The van der Waals surface area contributed by atoms with Crippen LogP contribution in [0.25, 0.3) is 0 Å². The number of halogens is 3. The zero-order valence-corrected chi connectivity index (χ0v) is 7.97. The molecule has 0 radical (unpaired) electrons. The lowest BCUT2D eigenvalue weighted by Gasteiger charge is -2.20. The highest BCUT2D eigenvalue weighted by molar-refractivity contribution is 5.69. The Labute approximate surface area is 79.9 Å². The Bertz CT molecular complexity index is 191. The standard InChI is InChI=1S/C8H13F3O3/c1-3-14-7(13)4-6(12)5(2)8(9,10)11/h5-6,12H,3-4H2,1-2H3/t5-,6+/m1/s1. The molecule has 0 aromatic rings. The molecule has 1 N–H and O–H groups in total. The van der Waals surface area contributed by atoms with Crippen molar-refractivity contribution in [3.63, 3.8) is 0 Å². The monoisotopic (exact) mass is 214 g/mol. The van der Waals surface area contributed by atoms with E-state index in [9.17, 15) is 18.0 Å². The van der Waals surface area contributed by atoms with Crippen LogP contribution in [0.4, 0.5) is 13.2 Å². The average molecular weight is 214 g/mol. The SMILES string of the molecule is CCOC(=O)C[C@H](O)[C@@H](C)C(F)(F)F. The van der Waals surface area contributed by atoms with Gasteiger partial charge in [-0.15, -0.1) is 0 Å². The number of rotatable bonds is 4.